The van der Waals surface area contributed by atoms with E-state index in [4.69, 9.17) is 5.11 Å². The van der Waals surface area contributed by atoms with Crippen LogP contribution in [-0.2, 0) is 4.79 Å². The van der Waals surface area contributed by atoms with Crippen molar-refractivity contribution in [2.45, 2.75) is 12.6 Å². The van der Waals surface area contributed by atoms with Gasteiger partial charge in [-0.1, -0.05) is 6.08 Å². The summed E-state index contributed by atoms with van der Waals surface area (Å²) in [6.45, 7) is 2.90. The average Bonchev–Trinajstić information content (AvgIpc) is 1.79. The van der Waals surface area contributed by atoms with Crippen molar-refractivity contribution in [3.05, 3.63) is 12.7 Å². The molecule has 11 heavy (non-hydrogen) atoms. The second-order valence-electron chi connectivity index (χ2n) is 1.98. The van der Waals surface area contributed by atoms with Crippen LogP contribution >= 0.6 is 0 Å². The Kier molecular flexibility index (Phi) is 3.10. The van der Waals surface area contributed by atoms with Gasteiger partial charge in [-0.3, -0.25) is 4.79 Å². The first kappa shape index (κ1) is 10.0. The molecule has 0 radical (unpaired) electrons. The Morgan fingerprint density at radius 2 is 2.09 bits per heavy atom. The number of carbonyl (C=O) groups is 1. The fraction of sp³-hybridized carbons (Fsp3) is 0.500. The quantitative estimate of drug-likeness (QED) is 0.652. The predicted molar refractivity (Wildman–Crippen MR) is 32.0 cm³/mol. The predicted octanol–water partition coefficient (Wildman–Crippen LogP) is 1.83. The van der Waals surface area contributed by atoms with Gasteiger partial charge in [-0.2, -0.15) is 13.2 Å². The molecule has 1 atom stereocenters. The van der Waals surface area contributed by atoms with Gasteiger partial charge in [0.25, 0.3) is 0 Å². The Bertz CT molecular complexity index is 162. The Hall–Kier alpha value is -1.00. The number of aliphatic carboxylic acids is 1. The highest BCUT2D eigenvalue weighted by atomic mass is 19.4. The lowest BCUT2D eigenvalue weighted by atomic mass is 10.1. The van der Waals surface area contributed by atoms with Crippen LogP contribution in [0.2, 0.25) is 0 Å². The third kappa shape index (κ3) is 3.64. The molecule has 0 fully saturated rings. The molecule has 1 unspecified atom stereocenters. The van der Waals surface area contributed by atoms with Crippen LogP contribution in [0.5, 0.6) is 0 Å². The van der Waals surface area contributed by atoms with Crippen LogP contribution in [0.1, 0.15) is 6.42 Å². The van der Waals surface area contributed by atoms with Gasteiger partial charge in [0.05, 0.1) is 12.3 Å². The van der Waals surface area contributed by atoms with Crippen molar-refractivity contribution in [2.24, 2.45) is 5.92 Å². The van der Waals surface area contributed by atoms with Crippen LogP contribution < -0.4 is 0 Å². The fourth-order valence-electron chi connectivity index (χ4n) is 0.521. The lowest BCUT2D eigenvalue weighted by Crippen LogP contribution is -2.23. The summed E-state index contributed by atoms with van der Waals surface area (Å²) in [5, 5.41) is 8.03. The zero-order valence-electron chi connectivity index (χ0n) is 5.56. The number of allylic oxidation sites excluding steroid dienone is 1. The van der Waals surface area contributed by atoms with Crippen LogP contribution in [0.15, 0.2) is 12.7 Å². The zero-order valence-corrected chi connectivity index (χ0v) is 5.56. The van der Waals surface area contributed by atoms with Crippen LogP contribution in [0.3, 0.4) is 0 Å². The fourth-order valence-corrected chi connectivity index (χ4v) is 0.521. The van der Waals surface area contributed by atoms with Gasteiger partial charge in [-0.15, -0.1) is 6.58 Å². The summed E-state index contributed by atoms with van der Waals surface area (Å²) in [5.74, 6) is -3.42. The molecule has 0 rings (SSSR count). The lowest BCUT2D eigenvalue weighted by Gasteiger charge is -2.13. The second-order valence-corrected chi connectivity index (χ2v) is 1.98. The summed E-state index contributed by atoms with van der Waals surface area (Å²) in [7, 11) is 0. The molecule has 2 nitrogen and oxygen atoms in total. The number of hydrogen-bond acceptors (Lipinski definition) is 1. The van der Waals surface area contributed by atoms with E-state index >= 15 is 0 Å². The van der Waals surface area contributed by atoms with E-state index in [1.165, 1.54) is 0 Å². The van der Waals surface area contributed by atoms with Crippen LogP contribution in [0.4, 0.5) is 13.2 Å². The molecule has 0 aromatic carbocycles. The maximum atomic E-state index is 11.7. The van der Waals surface area contributed by atoms with Crippen molar-refractivity contribution in [3.63, 3.8) is 0 Å². The Morgan fingerprint density at radius 3 is 2.18 bits per heavy atom. The number of alkyl halides is 3. The molecule has 64 valence electrons. The number of halogens is 3. The summed E-state index contributed by atoms with van der Waals surface area (Å²) in [4.78, 5) is 9.87. The molecule has 0 aliphatic heterocycles. The first-order chi connectivity index (χ1) is 4.88. The minimum Gasteiger partial charge on any atom is -0.481 e. The van der Waals surface area contributed by atoms with Gasteiger partial charge in [0, 0.05) is 0 Å². The molecule has 0 aliphatic carbocycles. The average molecular weight is 168 g/mol. The number of carboxylic acid groups (broad SMARTS) is 1. The summed E-state index contributed by atoms with van der Waals surface area (Å²) in [5.41, 5.74) is 0. The number of rotatable bonds is 3. The van der Waals surface area contributed by atoms with E-state index in [1.807, 2.05) is 0 Å². The topological polar surface area (TPSA) is 37.3 Å². The van der Waals surface area contributed by atoms with Crippen molar-refractivity contribution in [3.8, 4) is 0 Å². The summed E-state index contributed by atoms with van der Waals surface area (Å²) < 4.78 is 35.2. The molecule has 1 N–H and O–H groups in total. The van der Waals surface area contributed by atoms with Crippen LogP contribution in [-0.4, -0.2) is 17.3 Å². The SMILES string of the molecule is C=CC(CC(=O)O)C(F)(F)F. The van der Waals surface area contributed by atoms with Crippen LogP contribution in [0.25, 0.3) is 0 Å². The molecule has 5 heteroatoms. The largest absolute Gasteiger partial charge is 0.481 e. The van der Waals surface area contributed by atoms with Gasteiger partial charge in [-0.25, -0.2) is 0 Å². The van der Waals surface area contributed by atoms with Gasteiger partial charge in [-0.05, 0) is 0 Å². The van der Waals surface area contributed by atoms with E-state index < -0.39 is 24.5 Å². The standard InChI is InChI=1S/C6H7F3O2/c1-2-4(3-5(10)11)6(7,8)9/h2,4H,1,3H2,(H,10,11). The van der Waals surface area contributed by atoms with E-state index in [0.29, 0.717) is 6.08 Å². The normalized spacial score (nSPS) is 14.1. The monoisotopic (exact) mass is 168 g/mol. The highest BCUT2D eigenvalue weighted by Gasteiger charge is 2.38. The molecule has 0 spiro atoms. The molecule has 0 saturated heterocycles. The third-order valence-corrected chi connectivity index (χ3v) is 1.10. The van der Waals surface area contributed by atoms with E-state index in [-0.39, 0.29) is 0 Å². The molecule has 0 saturated carbocycles. The molecule has 0 amide bonds. The maximum Gasteiger partial charge on any atom is 0.395 e. The van der Waals surface area contributed by atoms with E-state index in [0.717, 1.165) is 0 Å². The molecule has 0 aromatic heterocycles. The van der Waals surface area contributed by atoms with Gasteiger partial charge in [0.1, 0.15) is 0 Å². The van der Waals surface area contributed by atoms with Crippen molar-refractivity contribution in [1.29, 1.82) is 0 Å². The van der Waals surface area contributed by atoms with E-state index in [9.17, 15) is 18.0 Å². The van der Waals surface area contributed by atoms with Crippen LogP contribution in [0, 0.1) is 5.92 Å². The molecular weight excluding hydrogens is 161 g/mol. The first-order valence-electron chi connectivity index (χ1n) is 2.79. The van der Waals surface area contributed by atoms with Crippen molar-refractivity contribution in [1.82, 2.24) is 0 Å². The van der Waals surface area contributed by atoms with Gasteiger partial charge < -0.3 is 5.11 Å². The highest BCUT2D eigenvalue weighted by molar-refractivity contribution is 5.67. The maximum absolute atomic E-state index is 11.7. The molecule has 0 bridgehead atoms. The Balaban J connectivity index is 4.18. The van der Waals surface area contributed by atoms with Crippen molar-refractivity contribution >= 4 is 5.97 Å². The van der Waals surface area contributed by atoms with E-state index in [2.05, 4.69) is 6.58 Å². The molecule has 0 aliphatic rings. The number of hydrogen-bond donors (Lipinski definition) is 1. The van der Waals surface area contributed by atoms with Crippen molar-refractivity contribution < 1.29 is 23.1 Å². The van der Waals surface area contributed by atoms with Crippen molar-refractivity contribution in [2.75, 3.05) is 0 Å². The highest BCUT2D eigenvalue weighted by Crippen LogP contribution is 2.29. The summed E-state index contributed by atoms with van der Waals surface area (Å²) in [6, 6.07) is 0. The minimum atomic E-state index is -4.50. The minimum absolute atomic E-state index is 0.591. The molecular formula is C6H7F3O2. The van der Waals surface area contributed by atoms with Gasteiger partial charge in [0.15, 0.2) is 0 Å². The smallest absolute Gasteiger partial charge is 0.395 e. The zero-order chi connectivity index (χ0) is 9.07. The Labute approximate surface area is 61.3 Å². The third-order valence-electron chi connectivity index (χ3n) is 1.10. The summed E-state index contributed by atoms with van der Waals surface area (Å²) in [6.07, 6.45) is -4.86. The Morgan fingerprint density at radius 1 is 1.64 bits per heavy atom. The number of carboxylic acids is 1. The lowest BCUT2D eigenvalue weighted by molar-refractivity contribution is -0.171. The first-order valence-corrected chi connectivity index (χ1v) is 2.79. The molecule has 0 heterocycles. The van der Waals surface area contributed by atoms with Gasteiger partial charge >= 0.3 is 12.1 Å². The van der Waals surface area contributed by atoms with E-state index in [1.54, 1.807) is 0 Å². The second kappa shape index (κ2) is 3.41. The molecule has 0 aromatic rings. The van der Waals surface area contributed by atoms with Gasteiger partial charge in [0.2, 0.25) is 0 Å². The summed E-state index contributed by atoms with van der Waals surface area (Å²) >= 11 is 0.